The number of hydrogen-bond donors (Lipinski definition) is 0. The maximum Gasteiger partial charge on any atom is 0.328 e. The van der Waals surface area contributed by atoms with Crippen LogP contribution in [-0.4, -0.2) is 28.9 Å². The van der Waals surface area contributed by atoms with Gasteiger partial charge in [0, 0.05) is 6.42 Å². The zero-order chi connectivity index (χ0) is 15.4. The molecule has 0 saturated carbocycles. The fourth-order valence-electron chi connectivity index (χ4n) is 1.28. The minimum absolute atomic E-state index is 0.0726. The molecule has 0 spiro atoms. The molecule has 19 heavy (non-hydrogen) atoms. The molecule has 0 radical (unpaired) electrons. The average Bonchev–Trinajstić information content (AvgIpc) is 2.11. The van der Waals surface area contributed by atoms with Gasteiger partial charge in [-0.1, -0.05) is 6.92 Å². The molecule has 0 heterocycles. The quantitative estimate of drug-likeness (QED) is 0.580. The van der Waals surface area contributed by atoms with Crippen molar-refractivity contribution in [1.29, 1.82) is 0 Å². The van der Waals surface area contributed by atoms with Gasteiger partial charge in [-0.25, -0.2) is 0 Å². The molecule has 0 aliphatic carbocycles. The van der Waals surface area contributed by atoms with Crippen LogP contribution < -0.4 is 0 Å². The number of ether oxygens (including phenoxy) is 2. The molecule has 0 rings (SSSR count). The van der Waals surface area contributed by atoms with Crippen LogP contribution in [0.1, 0.15) is 54.9 Å². The van der Waals surface area contributed by atoms with E-state index in [1.165, 1.54) is 0 Å². The van der Waals surface area contributed by atoms with Crippen molar-refractivity contribution in [1.82, 2.24) is 0 Å². The third-order valence-electron chi connectivity index (χ3n) is 1.96. The first-order chi connectivity index (χ1) is 8.37. The van der Waals surface area contributed by atoms with Crippen LogP contribution in [0.15, 0.2) is 0 Å². The Hall–Kier alpha value is -1.39. The zero-order valence-electron chi connectivity index (χ0n) is 12.8. The molecule has 0 atom stereocenters. The van der Waals surface area contributed by atoms with Crippen molar-refractivity contribution in [3.63, 3.8) is 0 Å². The van der Waals surface area contributed by atoms with Gasteiger partial charge in [-0.15, -0.1) is 0 Å². The molecule has 0 saturated heterocycles. The van der Waals surface area contributed by atoms with Gasteiger partial charge in [-0.05, 0) is 41.5 Å². The smallest absolute Gasteiger partial charge is 0.328 e. The average molecular weight is 272 g/mol. The second-order valence-corrected chi connectivity index (χ2v) is 6.32. The Bertz CT molecular complexity index is 329. The normalized spacial score (nSPS) is 12.2. The van der Waals surface area contributed by atoms with E-state index in [-0.39, 0.29) is 6.42 Å². The third-order valence-corrected chi connectivity index (χ3v) is 1.96. The van der Waals surface area contributed by atoms with Crippen molar-refractivity contribution in [3.05, 3.63) is 0 Å². The van der Waals surface area contributed by atoms with E-state index in [0.717, 1.165) is 0 Å². The number of ketones is 1. The van der Waals surface area contributed by atoms with Crippen molar-refractivity contribution in [2.24, 2.45) is 5.92 Å². The van der Waals surface area contributed by atoms with Crippen LogP contribution in [0.25, 0.3) is 0 Å². The molecule has 0 aromatic carbocycles. The highest BCUT2D eigenvalue weighted by atomic mass is 16.6. The summed E-state index contributed by atoms with van der Waals surface area (Å²) in [5.74, 6) is -3.70. The number of esters is 2. The first kappa shape index (κ1) is 17.6. The second kappa shape index (κ2) is 6.17. The SMILES string of the molecule is CCC(=O)C(C(=O)OC(C)(C)C)C(=O)OC(C)(C)C. The Labute approximate surface area is 114 Å². The topological polar surface area (TPSA) is 69.7 Å². The van der Waals surface area contributed by atoms with Gasteiger partial charge in [0.1, 0.15) is 11.2 Å². The third kappa shape index (κ3) is 6.94. The summed E-state index contributed by atoms with van der Waals surface area (Å²) in [7, 11) is 0. The summed E-state index contributed by atoms with van der Waals surface area (Å²) in [4.78, 5) is 35.7. The van der Waals surface area contributed by atoms with Crippen LogP contribution in [0.3, 0.4) is 0 Å². The zero-order valence-corrected chi connectivity index (χ0v) is 12.8. The highest BCUT2D eigenvalue weighted by Gasteiger charge is 2.39. The predicted molar refractivity (Wildman–Crippen MR) is 70.5 cm³/mol. The second-order valence-electron chi connectivity index (χ2n) is 6.32. The lowest BCUT2D eigenvalue weighted by atomic mass is 10.0. The number of carbonyl (C=O) groups is 3. The summed E-state index contributed by atoms with van der Waals surface area (Å²) in [5, 5.41) is 0. The molecular weight excluding hydrogens is 248 g/mol. The molecule has 0 bridgehead atoms. The number of carbonyl (C=O) groups excluding carboxylic acids is 3. The van der Waals surface area contributed by atoms with Crippen molar-refractivity contribution in [2.45, 2.75) is 66.1 Å². The van der Waals surface area contributed by atoms with Gasteiger partial charge in [-0.3, -0.25) is 14.4 Å². The van der Waals surface area contributed by atoms with Crippen LogP contribution in [0.5, 0.6) is 0 Å². The van der Waals surface area contributed by atoms with Crippen molar-refractivity contribution in [3.8, 4) is 0 Å². The molecular formula is C14H24O5. The molecule has 110 valence electrons. The van der Waals surface area contributed by atoms with E-state index in [2.05, 4.69) is 0 Å². The first-order valence-corrected chi connectivity index (χ1v) is 6.36. The Balaban J connectivity index is 5.08. The van der Waals surface area contributed by atoms with Gasteiger partial charge in [-0.2, -0.15) is 0 Å². The van der Waals surface area contributed by atoms with Crippen LogP contribution >= 0.6 is 0 Å². The van der Waals surface area contributed by atoms with Crippen molar-refractivity contribution in [2.75, 3.05) is 0 Å². The molecule has 0 aromatic rings. The summed E-state index contributed by atoms with van der Waals surface area (Å²) in [6, 6.07) is 0. The highest BCUT2D eigenvalue weighted by Crippen LogP contribution is 2.17. The molecule has 0 amide bonds. The van der Waals surface area contributed by atoms with Crippen molar-refractivity contribution < 1.29 is 23.9 Å². The summed E-state index contributed by atoms with van der Waals surface area (Å²) < 4.78 is 10.2. The summed E-state index contributed by atoms with van der Waals surface area (Å²) in [5.41, 5.74) is -1.52. The Morgan fingerprint density at radius 3 is 1.37 bits per heavy atom. The van der Waals surface area contributed by atoms with Gasteiger partial charge in [0.2, 0.25) is 5.92 Å². The molecule has 5 nitrogen and oxygen atoms in total. The minimum Gasteiger partial charge on any atom is -0.459 e. The number of hydrogen-bond acceptors (Lipinski definition) is 5. The fourth-order valence-corrected chi connectivity index (χ4v) is 1.28. The molecule has 5 heteroatoms. The molecule has 0 aromatic heterocycles. The summed E-state index contributed by atoms with van der Waals surface area (Å²) in [6.07, 6.45) is 0.0726. The van der Waals surface area contributed by atoms with Gasteiger partial charge < -0.3 is 9.47 Å². The van der Waals surface area contributed by atoms with Crippen LogP contribution in [0, 0.1) is 5.92 Å². The van der Waals surface area contributed by atoms with Crippen LogP contribution in [0.4, 0.5) is 0 Å². The lowest BCUT2D eigenvalue weighted by molar-refractivity contribution is -0.175. The molecule has 0 fully saturated rings. The maximum atomic E-state index is 11.9. The fraction of sp³-hybridized carbons (Fsp3) is 0.786. The van der Waals surface area contributed by atoms with E-state index in [0.29, 0.717) is 0 Å². The Morgan fingerprint density at radius 2 is 1.16 bits per heavy atom. The van der Waals surface area contributed by atoms with E-state index >= 15 is 0 Å². The molecule has 0 aliphatic rings. The van der Waals surface area contributed by atoms with E-state index in [4.69, 9.17) is 9.47 Å². The van der Waals surface area contributed by atoms with Crippen LogP contribution in [-0.2, 0) is 23.9 Å². The van der Waals surface area contributed by atoms with E-state index in [9.17, 15) is 14.4 Å². The Kier molecular flexibility index (Phi) is 5.72. The van der Waals surface area contributed by atoms with E-state index < -0.39 is 34.8 Å². The minimum atomic E-state index is -1.50. The Morgan fingerprint density at radius 1 is 0.842 bits per heavy atom. The standard InChI is InChI=1S/C14H24O5/c1-8-9(15)10(11(16)18-13(2,3)4)12(17)19-14(5,6)7/h10H,8H2,1-7H3. The lowest BCUT2D eigenvalue weighted by Crippen LogP contribution is -2.40. The lowest BCUT2D eigenvalue weighted by Gasteiger charge is -2.25. The highest BCUT2D eigenvalue weighted by molar-refractivity contribution is 6.15. The van der Waals surface area contributed by atoms with Crippen molar-refractivity contribution >= 4 is 17.7 Å². The number of Topliss-reactive ketones (excluding diaryl/α,β-unsaturated/α-hetero) is 1. The van der Waals surface area contributed by atoms with Gasteiger partial charge in [0.05, 0.1) is 0 Å². The molecule has 0 N–H and O–H groups in total. The van der Waals surface area contributed by atoms with Gasteiger partial charge >= 0.3 is 11.9 Å². The summed E-state index contributed by atoms with van der Waals surface area (Å²) in [6.45, 7) is 11.6. The van der Waals surface area contributed by atoms with E-state index in [1.54, 1.807) is 48.5 Å². The molecule has 0 aliphatic heterocycles. The van der Waals surface area contributed by atoms with Crippen LogP contribution in [0.2, 0.25) is 0 Å². The first-order valence-electron chi connectivity index (χ1n) is 6.36. The largest absolute Gasteiger partial charge is 0.459 e. The number of rotatable bonds is 4. The van der Waals surface area contributed by atoms with Gasteiger partial charge in [0.15, 0.2) is 5.78 Å². The maximum absolute atomic E-state index is 11.9. The molecule has 0 unspecified atom stereocenters. The predicted octanol–water partition coefficient (Wildman–Crippen LogP) is 2.27. The monoisotopic (exact) mass is 272 g/mol. The van der Waals surface area contributed by atoms with Gasteiger partial charge in [0.25, 0.3) is 0 Å². The van der Waals surface area contributed by atoms with E-state index in [1.807, 2.05) is 0 Å². The summed E-state index contributed by atoms with van der Waals surface area (Å²) >= 11 is 0.